The van der Waals surface area contributed by atoms with Crippen molar-refractivity contribution in [3.8, 4) is 11.3 Å². The van der Waals surface area contributed by atoms with Crippen molar-refractivity contribution >= 4 is 80.4 Å². The van der Waals surface area contributed by atoms with Gasteiger partial charge in [0.1, 0.15) is 10.7 Å². The number of amides is 3. The van der Waals surface area contributed by atoms with Crippen LogP contribution in [0.25, 0.3) is 11.3 Å². The number of carbonyl (C=O) groups is 3. The molecule has 0 bridgehead atoms. The topological polar surface area (TPSA) is 91.4 Å². The molecule has 0 aliphatic carbocycles. The van der Waals surface area contributed by atoms with E-state index < -0.39 is 11.8 Å². The first-order valence-corrected chi connectivity index (χ1v) is 12.8. The first kappa shape index (κ1) is 25.0. The van der Waals surface area contributed by atoms with Crippen LogP contribution in [0, 0.1) is 0 Å². The summed E-state index contributed by atoms with van der Waals surface area (Å²) in [4.78, 5) is 43.7. The molecule has 11 heteroatoms. The van der Waals surface area contributed by atoms with Crippen LogP contribution in [-0.2, 0) is 9.59 Å². The Labute approximate surface area is 230 Å². The van der Waals surface area contributed by atoms with Crippen molar-refractivity contribution in [2.45, 2.75) is 0 Å². The summed E-state index contributed by atoms with van der Waals surface area (Å²) in [6.07, 6.45) is 0. The second-order valence-electron chi connectivity index (χ2n) is 7.79. The van der Waals surface area contributed by atoms with Gasteiger partial charge >= 0.3 is 0 Å². The first-order chi connectivity index (χ1) is 17.8. The number of hydrogen-bond donors (Lipinski definition) is 2. The standard InChI is InChI=1S/C26H15Cl3N4O3S/c27-16-9-5-14(6-10-16)19-13-37-26(31-19)32-23(34)15-7-11-17(12-8-15)30-22-21(29)24(35)33(25(22)36)20-4-2-1-3-18(20)28/h1-13,30H,(H,31,32,34). The molecule has 2 N–H and O–H groups in total. The van der Waals surface area contributed by atoms with Crippen molar-refractivity contribution in [2.24, 2.45) is 0 Å². The monoisotopic (exact) mass is 568 g/mol. The van der Waals surface area contributed by atoms with Crippen molar-refractivity contribution in [3.05, 3.63) is 105 Å². The van der Waals surface area contributed by atoms with Gasteiger partial charge in [-0.05, 0) is 48.5 Å². The van der Waals surface area contributed by atoms with Crippen LogP contribution >= 0.6 is 46.1 Å². The zero-order valence-corrected chi connectivity index (χ0v) is 21.8. The van der Waals surface area contributed by atoms with E-state index in [0.29, 0.717) is 21.4 Å². The van der Waals surface area contributed by atoms with E-state index >= 15 is 0 Å². The molecule has 0 radical (unpaired) electrons. The van der Waals surface area contributed by atoms with Gasteiger partial charge in [-0.25, -0.2) is 9.88 Å². The van der Waals surface area contributed by atoms with Crippen LogP contribution < -0.4 is 15.5 Å². The van der Waals surface area contributed by atoms with Gasteiger partial charge in [-0.15, -0.1) is 11.3 Å². The Hall–Kier alpha value is -3.69. The van der Waals surface area contributed by atoms with E-state index in [9.17, 15) is 14.4 Å². The molecule has 0 unspecified atom stereocenters. The highest BCUT2D eigenvalue weighted by Gasteiger charge is 2.39. The molecule has 1 aromatic heterocycles. The molecule has 0 atom stereocenters. The number of carbonyl (C=O) groups excluding carboxylic acids is 3. The lowest BCUT2D eigenvalue weighted by atomic mass is 10.2. The van der Waals surface area contributed by atoms with E-state index in [1.165, 1.54) is 11.3 Å². The molecule has 5 rings (SSSR count). The minimum atomic E-state index is -0.681. The number of nitrogens with one attached hydrogen (secondary N) is 2. The summed E-state index contributed by atoms with van der Waals surface area (Å²) in [6.45, 7) is 0. The van der Waals surface area contributed by atoms with Crippen molar-refractivity contribution in [3.63, 3.8) is 0 Å². The molecule has 4 aromatic rings. The number of imide groups is 1. The molecule has 0 saturated carbocycles. The smallest absolute Gasteiger partial charge is 0.283 e. The maximum absolute atomic E-state index is 12.9. The lowest BCUT2D eigenvalue weighted by Crippen LogP contribution is -2.32. The van der Waals surface area contributed by atoms with Gasteiger partial charge in [0.05, 0.1) is 16.4 Å². The van der Waals surface area contributed by atoms with Crippen LogP contribution in [0.3, 0.4) is 0 Å². The van der Waals surface area contributed by atoms with Crippen molar-refractivity contribution in [1.29, 1.82) is 0 Å². The largest absolute Gasteiger partial charge is 0.350 e. The van der Waals surface area contributed by atoms with Gasteiger partial charge in [0.2, 0.25) is 0 Å². The van der Waals surface area contributed by atoms with Gasteiger partial charge in [-0.2, -0.15) is 0 Å². The third-order valence-corrected chi connectivity index (χ3v) is 7.08. The highest BCUT2D eigenvalue weighted by Crippen LogP contribution is 2.34. The molecule has 0 spiro atoms. The first-order valence-electron chi connectivity index (χ1n) is 10.7. The molecule has 2 heterocycles. The number of aromatic nitrogens is 1. The Bertz CT molecular complexity index is 1570. The quantitative estimate of drug-likeness (QED) is 0.249. The molecule has 1 aliphatic rings. The van der Waals surface area contributed by atoms with Gasteiger partial charge in [-0.3, -0.25) is 19.7 Å². The zero-order chi connectivity index (χ0) is 26.1. The van der Waals surface area contributed by atoms with Crippen molar-refractivity contribution in [1.82, 2.24) is 4.98 Å². The summed E-state index contributed by atoms with van der Waals surface area (Å²) in [6, 6.07) is 20.1. The molecule has 7 nitrogen and oxygen atoms in total. The number of anilines is 3. The van der Waals surface area contributed by atoms with Crippen LogP contribution in [0.5, 0.6) is 0 Å². The van der Waals surface area contributed by atoms with E-state index in [2.05, 4.69) is 15.6 Å². The average Bonchev–Trinajstić information content (AvgIpc) is 3.44. The number of benzene rings is 3. The van der Waals surface area contributed by atoms with Crippen LogP contribution in [0.2, 0.25) is 10.0 Å². The summed E-state index contributed by atoms with van der Waals surface area (Å²) < 4.78 is 0. The lowest BCUT2D eigenvalue weighted by Gasteiger charge is -2.16. The minimum Gasteiger partial charge on any atom is -0.350 e. The highest BCUT2D eigenvalue weighted by molar-refractivity contribution is 7.14. The highest BCUT2D eigenvalue weighted by atomic mass is 35.5. The fourth-order valence-electron chi connectivity index (χ4n) is 3.57. The van der Waals surface area contributed by atoms with E-state index in [0.717, 1.165) is 16.2 Å². The number of hydrogen-bond acceptors (Lipinski definition) is 6. The van der Waals surface area contributed by atoms with Gasteiger partial charge in [-0.1, -0.05) is 59.1 Å². The number of rotatable bonds is 6. The maximum atomic E-state index is 12.9. The van der Waals surface area contributed by atoms with E-state index in [-0.39, 0.29) is 27.3 Å². The van der Waals surface area contributed by atoms with E-state index in [4.69, 9.17) is 34.8 Å². The normalized spacial score (nSPS) is 13.3. The maximum Gasteiger partial charge on any atom is 0.283 e. The van der Waals surface area contributed by atoms with Crippen LogP contribution in [0.1, 0.15) is 10.4 Å². The Balaban J connectivity index is 1.26. The molecule has 0 saturated heterocycles. The van der Waals surface area contributed by atoms with Crippen molar-refractivity contribution in [2.75, 3.05) is 15.5 Å². The summed E-state index contributed by atoms with van der Waals surface area (Å²) in [5.41, 5.74) is 2.61. The second-order valence-corrected chi connectivity index (χ2v) is 9.87. The fourth-order valence-corrected chi connectivity index (χ4v) is 4.84. The van der Waals surface area contributed by atoms with Gasteiger partial charge < -0.3 is 5.32 Å². The Morgan fingerprint density at radius 3 is 2.27 bits per heavy atom. The molecule has 0 fully saturated rings. The Kier molecular flexibility index (Phi) is 6.99. The number of thiazole rings is 1. The number of nitrogens with zero attached hydrogens (tertiary/aromatic N) is 2. The zero-order valence-electron chi connectivity index (χ0n) is 18.7. The van der Waals surface area contributed by atoms with Crippen LogP contribution in [-0.4, -0.2) is 22.7 Å². The Morgan fingerprint density at radius 2 is 1.57 bits per heavy atom. The predicted molar refractivity (Wildman–Crippen MR) is 147 cm³/mol. The third kappa shape index (κ3) is 5.10. The van der Waals surface area contributed by atoms with Crippen LogP contribution in [0.4, 0.5) is 16.5 Å². The Morgan fingerprint density at radius 1 is 0.865 bits per heavy atom. The molecule has 37 heavy (non-hydrogen) atoms. The van der Waals surface area contributed by atoms with Gasteiger partial charge in [0.25, 0.3) is 17.7 Å². The summed E-state index contributed by atoms with van der Waals surface area (Å²) in [5.74, 6) is -1.66. The average molecular weight is 570 g/mol. The fraction of sp³-hybridized carbons (Fsp3) is 0. The SMILES string of the molecule is O=C(Nc1nc(-c2ccc(Cl)cc2)cs1)c1ccc(NC2=C(Cl)C(=O)N(c3ccccc3Cl)C2=O)cc1. The minimum absolute atomic E-state index is 0.0821. The predicted octanol–water partition coefficient (Wildman–Crippen LogP) is 6.80. The second kappa shape index (κ2) is 10.4. The summed E-state index contributed by atoms with van der Waals surface area (Å²) in [5, 5.41) is 8.55. The van der Waals surface area contributed by atoms with Gasteiger partial charge in [0, 0.05) is 27.2 Å². The molecule has 3 aromatic carbocycles. The van der Waals surface area contributed by atoms with Crippen LogP contribution in [0.15, 0.2) is 88.9 Å². The van der Waals surface area contributed by atoms with Crippen molar-refractivity contribution < 1.29 is 14.4 Å². The molecular formula is C26H15Cl3N4O3S. The summed E-state index contributed by atoms with van der Waals surface area (Å²) in [7, 11) is 0. The van der Waals surface area contributed by atoms with E-state index in [1.54, 1.807) is 60.7 Å². The molecule has 184 valence electrons. The third-order valence-electron chi connectivity index (χ3n) is 5.40. The lowest BCUT2D eigenvalue weighted by molar-refractivity contribution is -0.120. The van der Waals surface area contributed by atoms with E-state index in [1.807, 2.05) is 17.5 Å². The summed E-state index contributed by atoms with van der Waals surface area (Å²) >= 11 is 19.6. The molecule has 3 amide bonds. The van der Waals surface area contributed by atoms with Gasteiger partial charge in [0.15, 0.2) is 5.13 Å². The molecule has 1 aliphatic heterocycles. The number of para-hydroxylation sites is 1. The number of halogens is 3. The molecular weight excluding hydrogens is 555 g/mol.